The van der Waals surface area contributed by atoms with Gasteiger partial charge in [0, 0.05) is 0 Å². The molecule has 102 valence electrons. The molecule has 2 aromatic carbocycles. The van der Waals surface area contributed by atoms with Gasteiger partial charge in [-0.05, 0) is 54.4 Å². The summed E-state index contributed by atoms with van der Waals surface area (Å²) in [6.07, 6.45) is 5.38. The molecule has 0 bridgehead atoms. The number of benzene rings is 2. The van der Waals surface area contributed by atoms with Crippen molar-refractivity contribution in [3.05, 3.63) is 48.0 Å². The zero-order chi connectivity index (χ0) is 14.0. The lowest BCUT2D eigenvalue weighted by atomic mass is 9.68. The van der Waals surface area contributed by atoms with Crippen molar-refractivity contribution in [2.75, 3.05) is 0 Å². The number of hydrogen-bond acceptors (Lipinski definition) is 1. The molecule has 0 aromatic heterocycles. The van der Waals surface area contributed by atoms with E-state index in [1.54, 1.807) is 0 Å². The number of rotatable bonds is 2. The predicted octanol–water partition coefficient (Wildman–Crippen LogP) is 5.10. The van der Waals surface area contributed by atoms with Gasteiger partial charge in [0.15, 0.2) is 0 Å². The summed E-state index contributed by atoms with van der Waals surface area (Å²) in [4.78, 5) is 0. The van der Waals surface area contributed by atoms with Crippen molar-refractivity contribution in [1.29, 1.82) is 5.26 Å². The molecule has 0 radical (unpaired) electrons. The smallest absolute Gasteiger partial charge is 0.0693 e. The zero-order valence-corrected chi connectivity index (χ0v) is 12.1. The molecule has 0 unspecified atom stereocenters. The molecule has 2 aromatic rings. The maximum atomic E-state index is 9.71. The van der Waals surface area contributed by atoms with E-state index in [0.29, 0.717) is 0 Å². The predicted molar refractivity (Wildman–Crippen MR) is 83.3 cm³/mol. The molecule has 0 aliphatic heterocycles. The van der Waals surface area contributed by atoms with Crippen molar-refractivity contribution in [2.45, 2.75) is 39.0 Å². The second-order valence-corrected chi connectivity index (χ2v) is 6.39. The fourth-order valence-electron chi connectivity index (χ4n) is 3.45. The van der Waals surface area contributed by atoms with Crippen LogP contribution >= 0.6 is 0 Å². The van der Waals surface area contributed by atoms with Crippen LogP contribution in [-0.4, -0.2) is 0 Å². The van der Waals surface area contributed by atoms with Gasteiger partial charge in [-0.15, -0.1) is 0 Å². The molecule has 1 saturated carbocycles. The maximum Gasteiger partial charge on any atom is 0.0693 e. The Balaban J connectivity index is 1.94. The molecule has 0 N–H and O–H groups in total. The summed E-state index contributed by atoms with van der Waals surface area (Å²) in [5.41, 5.74) is 1.19. The van der Waals surface area contributed by atoms with Gasteiger partial charge in [0.2, 0.25) is 0 Å². The lowest BCUT2D eigenvalue weighted by Gasteiger charge is -2.34. The Labute approximate surface area is 121 Å². The molecule has 20 heavy (non-hydrogen) atoms. The summed E-state index contributed by atoms with van der Waals surface area (Å²) < 4.78 is 0. The molecule has 1 heteroatoms. The molecule has 1 nitrogen and oxygen atoms in total. The van der Waals surface area contributed by atoms with Crippen molar-refractivity contribution in [1.82, 2.24) is 0 Å². The van der Waals surface area contributed by atoms with Crippen molar-refractivity contribution in [3.8, 4) is 6.07 Å². The lowest BCUT2D eigenvalue weighted by Crippen LogP contribution is -2.27. The second-order valence-electron chi connectivity index (χ2n) is 6.39. The number of nitrogens with zero attached hydrogens (tertiary/aromatic N) is 1. The Morgan fingerprint density at radius 1 is 1.10 bits per heavy atom. The minimum absolute atomic E-state index is 0.142. The van der Waals surface area contributed by atoms with Crippen LogP contribution in [0.25, 0.3) is 10.8 Å². The second kappa shape index (κ2) is 5.29. The molecule has 3 rings (SSSR count). The van der Waals surface area contributed by atoms with E-state index in [-0.39, 0.29) is 5.41 Å². The van der Waals surface area contributed by atoms with Gasteiger partial charge in [-0.3, -0.25) is 0 Å². The minimum atomic E-state index is -0.142. The molecule has 1 aliphatic rings. The van der Waals surface area contributed by atoms with Gasteiger partial charge < -0.3 is 0 Å². The van der Waals surface area contributed by atoms with Gasteiger partial charge in [0.05, 0.1) is 11.5 Å². The first kappa shape index (κ1) is 13.2. The van der Waals surface area contributed by atoms with E-state index in [4.69, 9.17) is 0 Å². The van der Waals surface area contributed by atoms with Crippen LogP contribution < -0.4 is 0 Å². The standard InChI is InChI=1S/C19H21N/c1-15-9-11-19(14-20,12-10-15)13-17-7-4-6-16-5-2-3-8-18(16)17/h2-8,15H,9-13H2,1H3. The molecule has 1 aliphatic carbocycles. The Bertz CT molecular complexity index is 637. The van der Waals surface area contributed by atoms with Crippen LogP contribution in [0.4, 0.5) is 0 Å². The van der Waals surface area contributed by atoms with Gasteiger partial charge in [-0.25, -0.2) is 0 Å². The average molecular weight is 263 g/mol. The first-order chi connectivity index (χ1) is 9.72. The first-order valence-electron chi connectivity index (χ1n) is 7.60. The summed E-state index contributed by atoms with van der Waals surface area (Å²) in [6.45, 7) is 2.30. The summed E-state index contributed by atoms with van der Waals surface area (Å²) in [7, 11) is 0. The van der Waals surface area contributed by atoms with Crippen LogP contribution in [-0.2, 0) is 6.42 Å². The monoisotopic (exact) mass is 263 g/mol. The maximum absolute atomic E-state index is 9.71. The van der Waals surface area contributed by atoms with Gasteiger partial charge in [0.1, 0.15) is 0 Å². The van der Waals surface area contributed by atoms with Crippen molar-refractivity contribution >= 4 is 10.8 Å². The SMILES string of the molecule is CC1CCC(C#N)(Cc2cccc3ccccc23)CC1. The van der Waals surface area contributed by atoms with E-state index in [0.717, 1.165) is 25.2 Å². The molecule has 0 atom stereocenters. The normalized spacial score (nSPS) is 26.3. The van der Waals surface area contributed by atoms with E-state index in [1.165, 1.54) is 29.2 Å². The molecular formula is C19H21N. The van der Waals surface area contributed by atoms with E-state index in [9.17, 15) is 5.26 Å². The Morgan fingerprint density at radius 3 is 2.55 bits per heavy atom. The number of hydrogen-bond donors (Lipinski definition) is 0. The summed E-state index contributed by atoms with van der Waals surface area (Å²) in [5.74, 6) is 0.781. The first-order valence-corrected chi connectivity index (χ1v) is 7.60. The highest BCUT2D eigenvalue weighted by molar-refractivity contribution is 5.85. The summed E-state index contributed by atoms with van der Waals surface area (Å²) in [5, 5.41) is 12.3. The average Bonchev–Trinajstić information content (AvgIpc) is 2.50. The van der Waals surface area contributed by atoms with Crippen LogP contribution in [0.5, 0.6) is 0 Å². The molecule has 0 spiro atoms. The summed E-state index contributed by atoms with van der Waals surface area (Å²) in [6, 6.07) is 17.6. The van der Waals surface area contributed by atoms with E-state index >= 15 is 0 Å². The fraction of sp³-hybridized carbons (Fsp3) is 0.421. The number of fused-ring (bicyclic) bond motifs is 1. The quantitative estimate of drug-likeness (QED) is 0.739. The lowest BCUT2D eigenvalue weighted by molar-refractivity contribution is 0.219. The topological polar surface area (TPSA) is 23.8 Å². The Kier molecular flexibility index (Phi) is 3.49. The third-order valence-electron chi connectivity index (χ3n) is 4.88. The minimum Gasteiger partial charge on any atom is -0.198 e. The fourth-order valence-corrected chi connectivity index (χ4v) is 3.45. The third-order valence-corrected chi connectivity index (χ3v) is 4.88. The number of nitriles is 1. The highest BCUT2D eigenvalue weighted by Gasteiger charge is 2.34. The van der Waals surface area contributed by atoms with Crippen molar-refractivity contribution < 1.29 is 0 Å². The van der Waals surface area contributed by atoms with Crippen molar-refractivity contribution in [2.24, 2.45) is 11.3 Å². The van der Waals surface area contributed by atoms with Crippen LogP contribution in [0, 0.1) is 22.7 Å². The van der Waals surface area contributed by atoms with Crippen LogP contribution in [0.3, 0.4) is 0 Å². The Morgan fingerprint density at radius 2 is 1.80 bits per heavy atom. The van der Waals surface area contributed by atoms with Gasteiger partial charge in [-0.2, -0.15) is 5.26 Å². The largest absolute Gasteiger partial charge is 0.198 e. The molecule has 0 amide bonds. The van der Waals surface area contributed by atoms with Gasteiger partial charge in [0.25, 0.3) is 0 Å². The third kappa shape index (κ3) is 2.43. The van der Waals surface area contributed by atoms with Crippen LogP contribution in [0.15, 0.2) is 42.5 Å². The Hall–Kier alpha value is -1.81. The molecule has 0 saturated heterocycles. The molecule has 0 heterocycles. The van der Waals surface area contributed by atoms with Gasteiger partial charge >= 0.3 is 0 Å². The van der Waals surface area contributed by atoms with E-state index < -0.39 is 0 Å². The highest BCUT2D eigenvalue weighted by Crippen LogP contribution is 2.41. The molecule has 1 fully saturated rings. The summed E-state index contributed by atoms with van der Waals surface area (Å²) >= 11 is 0. The van der Waals surface area contributed by atoms with Crippen LogP contribution in [0.1, 0.15) is 38.2 Å². The highest BCUT2D eigenvalue weighted by atomic mass is 14.4. The van der Waals surface area contributed by atoms with Gasteiger partial charge in [-0.1, -0.05) is 49.4 Å². The zero-order valence-electron chi connectivity index (χ0n) is 12.1. The van der Waals surface area contributed by atoms with Crippen LogP contribution in [0.2, 0.25) is 0 Å². The van der Waals surface area contributed by atoms with Crippen molar-refractivity contribution in [3.63, 3.8) is 0 Å². The van der Waals surface area contributed by atoms with E-state index in [2.05, 4.69) is 55.5 Å². The molecular weight excluding hydrogens is 242 g/mol. The van der Waals surface area contributed by atoms with E-state index in [1.807, 2.05) is 0 Å².